The topological polar surface area (TPSA) is 24.1 Å². The highest BCUT2D eigenvalue weighted by atomic mass is 32.1. The van der Waals surface area contributed by atoms with Gasteiger partial charge in [-0.2, -0.15) is 0 Å². The van der Waals surface area contributed by atoms with Crippen LogP contribution >= 0.6 is 23.6 Å². The van der Waals surface area contributed by atoms with Crippen LogP contribution in [0, 0.1) is 11.3 Å². The van der Waals surface area contributed by atoms with Crippen LogP contribution in [0.3, 0.4) is 0 Å². The molecule has 2 aliphatic rings. The molecule has 1 saturated carbocycles. The van der Waals surface area contributed by atoms with Crippen molar-refractivity contribution in [2.75, 3.05) is 0 Å². The summed E-state index contributed by atoms with van der Waals surface area (Å²) in [6.45, 7) is 8.00. The molecular formula is C19H30N2S2. The third kappa shape index (κ3) is 4.48. The lowest BCUT2D eigenvalue weighted by Crippen LogP contribution is -2.46. The van der Waals surface area contributed by atoms with Crippen LogP contribution < -0.4 is 10.6 Å². The van der Waals surface area contributed by atoms with Gasteiger partial charge in [0.2, 0.25) is 0 Å². The van der Waals surface area contributed by atoms with E-state index in [-0.39, 0.29) is 0 Å². The largest absolute Gasteiger partial charge is 0.360 e. The highest BCUT2D eigenvalue weighted by Gasteiger charge is 2.32. The summed E-state index contributed by atoms with van der Waals surface area (Å²) in [5, 5.41) is 10.2. The number of thiophene rings is 1. The lowest BCUT2D eigenvalue weighted by atomic mass is 9.71. The number of hydrogen-bond acceptors (Lipinski definition) is 2. The Morgan fingerprint density at radius 1 is 1.30 bits per heavy atom. The van der Waals surface area contributed by atoms with Gasteiger partial charge in [-0.05, 0) is 85.0 Å². The molecule has 0 amide bonds. The second-order valence-electron chi connectivity index (χ2n) is 8.31. The highest BCUT2D eigenvalue weighted by Crippen LogP contribution is 2.38. The normalized spacial score (nSPS) is 26.4. The SMILES string of the molecule is CC1CC(NC(=S)NCc2csc3c2CCCC3)CC(C)(C)C1. The van der Waals surface area contributed by atoms with E-state index in [1.165, 1.54) is 50.5 Å². The Labute approximate surface area is 150 Å². The number of aryl methyl sites for hydroxylation is 1. The van der Waals surface area contributed by atoms with Crippen molar-refractivity contribution < 1.29 is 0 Å². The minimum absolute atomic E-state index is 0.428. The Bertz CT molecular complexity index is 562. The zero-order valence-corrected chi connectivity index (χ0v) is 16.3. The molecule has 4 heteroatoms. The quantitative estimate of drug-likeness (QED) is 0.765. The Hall–Kier alpha value is -0.610. The van der Waals surface area contributed by atoms with Gasteiger partial charge >= 0.3 is 0 Å². The number of nitrogens with one attached hydrogen (secondary N) is 2. The van der Waals surface area contributed by atoms with E-state index in [1.807, 2.05) is 11.3 Å². The molecule has 2 unspecified atom stereocenters. The molecule has 0 radical (unpaired) electrons. The molecular weight excluding hydrogens is 320 g/mol. The first-order chi connectivity index (χ1) is 10.9. The predicted octanol–water partition coefficient (Wildman–Crippen LogP) is 4.81. The summed E-state index contributed by atoms with van der Waals surface area (Å²) < 4.78 is 0. The van der Waals surface area contributed by atoms with Crippen molar-refractivity contribution in [1.82, 2.24) is 10.6 Å². The van der Waals surface area contributed by atoms with Gasteiger partial charge in [-0.1, -0.05) is 20.8 Å². The van der Waals surface area contributed by atoms with Gasteiger partial charge in [0, 0.05) is 17.5 Å². The van der Waals surface area contributed by atoms with E-state index >= 15 is 0 Å². The average molecular weight is 351 g/mol. The van der Waals surface area contributed by atoms with Gasteiger partial charge in [0.1, 0.15) is 0 Å². The Kier molecular flexibility index (Phi) is 5.32. The summed E-state index contributed by atoms with van der Waals surface area (Å²) in [6, 6.07) is 0.519. The van der Waals surface area contributed by atoms with Crippen LogP contribution in [0.15, 0.2) is 5.38 Å². The molecule has 3 rings (SSSR count). The predicted molar refractivity (Wildman–Crippen MR) is 104 cm³/mol. The van der Waals surface area contributed by atoms with E-state index in [1.54, 1.807) is 10.4 Å². The minimum Gasteiger partial charge on any atom is -0.360 e. The number of rotatable bonds is 3. The van der Waals surface area contributed by atoms with Gasteiger partial charge < -0.3 is 10.6 Å². The molecule has 0 aliphatic heterocycles. The minimum atomic E-state index is 0.428. The highest BCUT2D eigenvalue weighted by molar-refractivity contribution is 7.80. The molecule has 2 nitrogen and oxygen atoms in total. The summed E-state index contributed by atoms with van der Waals surface area (Å²) in [7, 11) is 0. The number of hydrogen-bond donors (Lipinski definition) is 2. The fourth-order valence-electron chi connectivity index (χ4n) is 4.58. The van der Waals surface area contributed by atoms with Crippen LogP contribution in [0.4, 0.5) is 0 Å². The molecule has 1 fully saturated rings. The maximum Gasteiger partial charge on any atom is 0.166 e. The molecule has 0 spiro atoms. The van der Waals surface area contributed by atoms with Gasteiger partial charge in [0.05, 0.1) is 0 Å². The zero-order chi connectivity index (χ0) is 16.4. The lowest BCUT2D eigenvalue weighted by molar-refractivity contribution is 0.161. The monoisotopic (exact) mass is 350 g/mol. The Morgan fingerprint density at radius 3 is 2.87 bits per heavy atom. The Balaban J connectivity index is 1.51. The molecule has 0 bridgehead atoms. The van der Waals surface area contributed by atoms with E-state index in [4.69, 9.17) is 12.2 Å². The lowest BCUT2D eigenvalue weighted by Gasteiger charge is -2.39. The van der Waals surface area contributed by atoms with Crippen molar-refractivity contribution in [1.29, 1.82) is 0 Å². The van der Waals surface area contributed by atoms with Crippen LogP contribution in [0.1, 0.15) is 68.9 Å². The first-order valence-corrected chi connectivity index (χ1v) is 10.3. The number of thiocarbonyl (C=S) groups is 1. The van der Waals surface area contributed by atoms with Crippen LogP contribution in [0.25, 0.3) is 0 Å². The summed E-state index contributed by atoms with van der Waals surface area (Å²) in [4.78, 5) is 1.61. The van der Waals surface area contributed by atoms with Crippen LogP contribution in [0.2, 0.25) is 0 Å². The second kappa shape index (κ2) is 7.10. The third-order valence-corrected chi connectivity index (χ3v) is 6.71. The fourth-order valence-corrected chi connectivity index (χ4v) is 5.96. The summed E-state index contributed by atoms with van der Waals surface area (Å²) in [5.74, 6) is 0.781. The molecule has 0 aromatic carbocycles. The van der Waals surface area contributed by atoms with Crippen molar-refractivity contribution in [3.8, 4) is 0 Å². The fraction of sp³-hybridized carbons (Fsp3) is 0.737. The van der Waals surface area contributed by atoms with Crippen molar-refractivity contribution >= 4 is 28.7 Å². The first kappa shape index (κ1) is 17.2. The van der Waals surface area contributed by atoms with E-state index in [0.29, 0.717) is 11.5 Å². The van der Waals surface area contributed by atoms with Crippen molar-refractivity contribution in [2.24, 2.45) is 11.3 Å². The standard InChI is InChI=1S/C19H30N2S2/c1-13-8-15(10-19(2,3)9-13)21-18(22)20-11-14-12-23-17-7-5-4-6-16(14)17/h12-13,15H,4-11H2,1-3H3,(H2,20,21,22). The molecule has 23 heavy (non-hydrogen) atoms. The molecule has 0 saturated heterocycles. The van der Waals surface area contributed by atoms with Gasteiger partial charge in [-0.15, -0.1) is 11.3 Å². The van der Waals surface area contributed by atoms with Gasteiger partial charge in [0.15, 0.2) is 5.11 Å². The van der Waals surface area contributed by atoms with E-state index in [0.717, 1.165) is 17.6 Å². The maximum absolute atomic E-state index is 5.56. The number of fused-ring (bicyclic) bond motifs is 1. The maximum atomic E-state index is 5.56. The molecule has 1 aromatic rings. The van der Waals surface area contributed by atoms with Crippen LogP contribution in [0.5, 0.6) is 0 Å². The molecule has 2 N–H and O–H groups in total. The Morgan fingerprint density at radius 2 is 2.09 bits per heavy atom. The smallest absolute Gasteiger partial charge is 0.166 e. The van der Waals surface area contributed by atoms with Crippen LogP contribution in [-0.2, 0) is 19.4 Å². The zero-order valence-electron chi connectivity index (χ0n) is 14.7. The van der Waals surface area contributed by atoms with E-state index < -0.39 is 0 Å². The first-order valence-electron chi connectivity index (χ1n) is 9.05. The van der Waals surface area contributed by atoms with Crippen LogP contribution in [-0.4, -0.2) is 11.2 Å². The van der Waals surface area contributed by atoms with Crippen molar-refractivity contribution in [2.45, 2.75) is 78.3 Å². The van der Waals surface area contributed by atoms with E-state index in [9.17, 15) is 0 Å². The van der Waals surface area contributed by atoms with E-state index in [2.05, 4.69) is 36.8 Å². The van der Waals surface area contributed by atoms with Crippen molar-refractivity contribution in [3.05, 3.63) is 21.4 Å². The molecule has 2 aliphatic carbocycles. The van der Waals surface area contributed by atoms with Crippen molar-refractivity contribution in [3.63, 3.8) is 0 Å². The third-order valence-electron chi connectivity index (χ3n) is 5.31. The summed E-state index contributed by atoms with van der Waals surface area (Å²) >= 11 is 7.49. The molecule has 1 heterocycles. The molecule has 1 aromatic heterocycles. The summed E-state index contributed by atoms with van der Waals surface area (Å²) in [5.41, 5.74) is 3.49. The molecule has 128 valence electrons. The van der Waals surface area contributed by atoms with Gasteiger partial charge in [-0.3, -0.25) is 0 Å². The van der Waals surface area contributed by atoms with Gasteiger partial charge in [0.25, 0.3) is 0 Å². The average Bonchev–Trinajstić information content (AvgIpc) is 2.86. The summed E-state index contributed by atoms with van der Waals surface area (Å²) in [6.07, 6.45) is 9.01. The second-order valence-corrected chi connectivity index (χ2v) is 9.68. The van der Waals surface area contributed by atoms with Gasteiger partial charge in [-0.25, -0.2) is 0 Å². The molecule has 2 atom stereocenters.